The fourth-order valence-electron chi connectivity index (χ4n) is 2.22. The summed E-state index contributed by atoms with van der Waals surface area (Å²) in [5.41, 5.74) is 0.0650. The van der Waals surface area contributed by atoms with Crippen LogP contribution >= 0.6 is 0 Å². The van der Waals surface area contributed by atoms with Gasteiger partial charge in [0, 0.05) is 13.6 Å². The average Bonchev–Trinajstić information content (AvgIpc) is 2.66. The lowest BCUT2D eigenvalue weighted by atomic mass is 10.1. The van der Waals surface area contributed by atoms with Crippen molar-refractivity contribution >= 4 is 17.6 Å². The van der Waals surface area contributed by atoms with E-state index in [0.717, 1.165) is 6.07 Å². The number of anilines is 1. The molecule has 0 aliphatic heterocycles. The standard InChI is InChI=1S/C18H18F4N4O/c1-23-18(24-9-8-11-4-2-3-5-12(11)19)25-10-15(27)26-14-7-6-13(20)16(21)17(14)22/h2-7H,8-10H2,1H3,(H,26,27)(H2,23,24,25). The van der Waals surface area contributed by atoms with Crippen LogP contribution in [0.2, 0.25) is 0 Å². The Morgan fingerprint density at radius 2 is 1.70 bits per heavy atom. The van der Waals surface area contributed by atoms with Crippen molar-refractivity contribution in [2.75, 3.05) is 25.5 Å². The second kappa shape index (κ2) is 9.56. The summed E-state index contributed by atoms with van der Waals surface area (Å²) in [4.78, 5) is 15.7. The van der Waals surface area contributed by atoms with Crippen LogP contribution in [0.4, 0.5) is 23.2 Å². The topological polar surface area (TPSA) is 65.5 Å². The summed E-state index contributed by atoms with van der Waals surface area (Å²) in [5.74, 6) is -5.20. The molecule has 0 aromatic heterocycles. The average molecular weight is 382 g/mol. The smallest absolute Gasteiger partial charge is 0.243 e. The van der Waals surface area contributed by atoms with Crippen LogP contribution in [0.25, 0.3) is 0 Å². The largest absolute Gasteiger partial charge is 0.356 e. The fraction of sp³-hybridized carbons (Fsp3) is 0.222. The first-order valence-electron chi connectivity index (χ1n) is 8.03. The molecule has 2 rings (SSSR count). The molecular weight excluding hydrogens is 364 g/mol. The molecule has 0 unspecified atom stereocenters. The van der Waals surface area contributed by atoms with Gasteiger partial charge in [0.05, 0.1) is 12.2 Å². The van der Waals surface area contributed by atoms with Crippen molar-refractivity contribution in [2.45, 2.75) is 6.42 Å². The van der Waals surface area contributed by atoms with Gasteiger partial charge in [0.1, 0.15) is 5.82 Å². The Morgan fingerprint density at radius 3 is 2.41 bits per heavy atom. The van der Waals surface area contributed by atoms with E-state index in [1.54, 1.807) is 18.2 Å². The van der Waals surface area contributed by atoms with Gasteiger partial charge in [0.2, 0.25) is 5.91 Å². The van der Waals surface area contributed by atoms with Crippen molar-refractivity contribution in [1.82, 2.24) is 10.6 Å². The van der Waals surface area contributed by atoms with Crippen molar-refractivity contribution < 1.29 is 22.4 Å². The molecule has 3 N–H and O–H groups in total. The normalized spacial score (nSPS) is 11.2. The van der Waals surface area contributed by atoms with E-state index < -0.39 is 29.0 Å². The summed E-state index contributed by atoms with van der Waals surface area (Å²) in [6.45, 7) is 0.0673. The molecule has 0 atom stereocenters. The minimum Gasteiger partial charge on any atom is -0.356 e. The molecule has 0 saturated heterocycles. The Balaban J connectivity index is 1.81. The van der Waals surface area contributed by atoms with Gasteiger partial charge in [-0.2, -0.15) is 0 Å². The maximum absolute atomic E-state index is 13.5. The maximum Gasteiger partial charge on any atom is 0.243 e. The molecule has 0 fully saturated rings. The van der Waals surface area contributed by atoms with E-state index in [-0.39, 0.29) is 18.3 Å². The molecule has 9 heteroatoms. The molecule has 27 heavy (non-hydrogen) atoms. The Kier molecular flexibility index (Phi) is 7.16. The van der Waals surface area contributed by atoms with Gasteiger partial charge in [-0.3, -0.25) is 9.79 Å². The van der Waals surface area contributed by atoms with Gasteiger partial charge in [-0.15, -0.1) is 0 Å². The van der Waals surface area contributed by atoms with Gasteiger partial charge in [-0.05, 0) is 30.2 Å². The summed E-state index contributed by atoms with van der Waals surface area (Å²) in [6.07, 6.45) is 0.402. The molecule has 2 aromatic carbocycles. The Hall–Kier alpha value is -3.10. The summed E-state index contributed by atoms with van der Waals surface area (Å²) >= 11 is 0. The number of halogens is 4. The van der Waals surface area contributed by atoms with E-state index in [9.17, 15) is 22.4 Å². The first-order chi connectivity index (χ1) is 12.9. The Morgan fingerprint density at radius 1 is 0.963 bits per heavy atom. The summed E-state index contributed by atoms with van der Waals surface area (Å²) in [7, 11) is 1.48. The van der Waals surface area contributed by atoms with Gasteiger partial charge in [-0.1, -0.05) is 18.2 Å². The fourth-order valence-corrected chi connectivity index (χ4v) is 2.22. The van der Waals surface area contributed by atoms with Crippen LogP contribution in [0.15, 0.2) is 41.4 Å². The van der Waals surface area contributed by atoms with Gasteiger partial charge >= 0.3 is 0 Å². The lowest BCUT2D eigenvalue weighted by molar-refractivity contribution is -0.115. The number of rotatable bonds is 6. The van der Waals surface area contributed by atoms with Crippen LogP contribution in [-0.4, -0.2) is 32.0 Å². The van der Waals surface area contributed by atoms with Gasteiger partial charge in [0.15, 0.2) is 23.4 Å². The predicted octanol–water partition coefficient (Wildman–Crippen LogP) is 2.59. The minimum absolute atomic E-state index is 0.271. The van der Waals surface area contributed by atoms with Crippen molar-refractivity contribution in [3.8, 4) is 0 Å². The van der Waals surface area contributed by atoms with Crippen LogP contribution in [0.1, 0.15) is 5.56 Å². The van der Waals surface area contributed by atoms with Crippen LogP contribution < -0.4 is 16.0 Å². The second-order valence-corrected chi connectivity index (χ2v) is 5.47. The molecule has 0 bridgehead atoms. The Bertz CT molecular complexity index is 842. The van der Waals surface area contributed by atoms with Crippen molar-refractivity contribution in [1.29, 1.82) is 0 Å². The highest BCUT2D eigenvalue weighted by Gasteiger charge is 2.15. The number of benzene rings is 2. The molecule has 144 valence electrons. The number of amides is 1. The predicted molar refractivity (Wildman–Crippen MR) is 94.4 cm³/mol. The van der Waals surface area contributed by atoms with E-state index in [2.05, 4.69) is 20.9 Å². The molecule has 5 nitrogen and oxygen atoms in total. The van der Waals surface area contributed by atoms with Crippen molar-refractivity contribution in [2.24, 2.45) is 4.99 Å². The van der Waals surface area contributed by atoms with E-state index in [0.29, 0.717) is 24.6 Å². The third-order valence-corrected chi connectivity index (χ3v) is 3.59. The van der Waals surface area contributed by atoms with Crippen LogP contribution in [0.5, 0.6) is 0 Å². The number of nitrogens with one attached hydrogen (secondary N) is 3. The van der Waals surface area contributed by atoms with E-state index in [1.165, 1.54) is 13.1 Å². The summed E-state index contributed by atoms with van der Waals surface area (Å²) < 4.78 is 53.1. The highest BCUT2D eigenvalue weighted by atomic mass is 19.2. The zero-order chi connectivity index (χ0) is 19.8. The number of carbonyl (C=O) groups excluding carboxylic acids is 1. The van der Waals surface area contributed by atoms with Crippen LogP contribution in [-0.2, 0) is 11.2 Å². The second-order valence-electron chi connectivity index (χ2n) is 5.47. The number of nitrogens with zero attached hydrogens (tertiary/aromatic N) is 1. The third-order valence-electron chi connectivity index (χ3n) is 3.59. The first-order valence-corrected chi connectivity index (χ1v) is 8.03. The maximum atomic E-state index is 13.5. The SMILES string of the molecule is CN=C(NCCc1ccccc1F)NCC(=O)Nc1ccc(F)c(F)c1F. The highest BCUT2D eigenvalue weighted by molar-refractivity contribution is 5.95. The van der Waals surface area contributed by atoms with Crippen molar-refractivity contribution in [3.63, 3.8) is 0 Å². The van der Waals surface area contributed by atoms with Gasteiger partial charge < -0.3 is 16.0 Å². The quantitative estimate of drug-likeness (QED) is 0.311. The first kappa shape index (κ1) is 20.2. The molecule has 0 saturated carbocycles. The number of guanidine groups is 1. The third kappa shape index (κ3) is 5.70. The van der Waals surface area contributed by atoms with Gasteiger partial charge in [0.25, 0.3) is 0 Å². The van der Waals surface area contributed by atoms with Gasteiger partial charge in [-0.25, -0.2) is 17.6 Å². The summed E-state index contributed by atoms with van der Waals surface area (Å²) in [6, 6.07) is 7.99. The Labute approximate surface area is 153 Å². The zero-order valence-corrected chi connectivity index (χ0v) is 14.5. The number of aliphatic imine (C=N–C) groups is 1. The lowest BCUT2D eigenvalue weighted by Crippen LogP contribution is -2.42. The van der Waals surface area contributed by atoms with E-state index in [4.69, 9.17) is 0 Å². The minimum atomic E-state index is -1.66. The molecule has 2 aromatic rings. The number of hydrogen-bond donors (Lipinski definition) is 3. The van der Waals surface area contributed by atoms with Crippen LogP contribution in [0, 0.1) is 23.3 Å². The van der Waals surface area contributed by atoms with E-state index in [1.807, 2.05) is 0 Å². The number of hydrogen-bond acceptors (Lipinski definition) is 2. The lowest BCUT2D eigenvalue weighted by Gasteiger charge is -2.12. The highest BCUT2D eigenvalue weighted by Crippen LogP contribution is 2.19. The molecule has 0 radical (unpaired) electrons. The molecule has 0 heterocycles. The monoisotopic (exact) mass is 382 g/mol. The molecule has 0 aliphatic rings. The van der Waals surface area contributed by atoms with Crippen LogP contribution in [0.3, 0.4) is 0 Å². The molecule has 0 spiro atoms. The molecular formula is C18H18F4N4O. The number of carbonyl (C=O) groups is 1. The molecule has 0 aliphatic carbocycles. The van der Waals surface area contributed by atoms with Crippen molar-refractivity contribution in [3.05, 3.63) is 65.2 Å². The molecule has 1 amide bonds. The zero-order valence-electron chi connectivity index (χ0n) is 14.5. The van der Waals surface area contributed by atoms with E-state index >= 15 is 0 Å². The summed E-state index contributed by atoms with van der Waals surface area (Å²) in [5, 5.41) is 7.71.